The molecule has 2 unspecified atom stereocenters. The molecule has 0 amide bonds. The molecule has 0 fully saturated rings. The number of hydrogen-bond acceptors (Lipinski definition) is 15. The van der Waals surface area contributed by atoms with Crippen LogP contribution in [-0.4, -0.2) is 96.7 Å². The number of aliphatic hydroxyl groups excluding tert-OH is 1. The Morgan fingerprint density at radius 3 is 0.810 bits per heavy atom. The first kappa shape index (κ1) is 82.1. The van der Waals surface area contributed by atoms with Crippen LogP contribution in [0.1, 0.15) is 330 Å². The number of hydrogen-bond donors (Lipinski definition) is 3. The molecular formula is C65H126O17P2. The summed E-state index contributed by atoms with van der Waals surface area (Å²) in [6.07, 6.45) is 43.5. The van der Waals surface area contributed by atoms with Crippen molar-refractivity contribution in [3.63, 3.8) is 0 Å². The molecule has 0 aromatic rings. The molecule has 84 heavy (non-hydrogen) atoms. The predicted octanol–water partition coefficient (Wildman–Crippen LogP) is 18.2. The Morgan fingerprint density at radius 2 is 0.548 bits per heavy atom. The minimum atomic E-state index is -4.94. The minimum absolute atomic E-state index is 0.103. The van der Waals surface area contributed by atoms with E-state index in [9.17, 15) is 43.2 Å². The van der Waals surface area contributed by atoms with Crippen LogP contribution >= 0.6 is 15.6 Å². The van der Waals surface area contributed by atoms with Gasteiger partial charge in [-0.05, 0) is 31.6 Å². The van der Waals surface area contributed by atoms with Gasteiger partial charge >= 0.3 is 39.5 Å². The Labute approximate surface area is 511 Å². The zero-order valence-corrected chi connectivity index (χ0v) is 55.8. The summed E-state index contributed by atoms with van der Waals surface area (Å²) in [6.45, 7) is 7.06. The fraction of sp³-hybridized carbons (Fsp3) is 0.938. The average Bonchev–Trinajstić information content (AvgIpc) is 3.52. The monoisotopic (exact) mass is 1240 g/mol. The third kappa shape index (κ3) is 59.0. The number of aliphatic hydroxyl groups is 1. The van der Waals surface area contributed by atoms with Crippen LogP contribution in [-0.2, 0) is 65.4 Å². The predicted molar refractivity (Wildman–Crippen MR) is 335 cm³/mol. The van der Waals surface area contributed by atoms with E-state index in [1.54, 1.807) is 0 Å². The van der Waals surface area contributed by atoms with Crippen molar-refractivity contribution in [2.45, 2.75) is 348 Å². The van der Waals surface area contributed by atoms with Crippen LogP contribution in [0.2, 0.25) is 0 Å². The zero-order chi connectivity index (χ0) is 62.0. The molecule has 0 heterocycles. The Hall–Kier alpha value is -1.94. The van der Waals surface area contributed by atoms with Gasteiger partial charge in [0.15, 0.2) is 12.2 Å². The normalized spacial score (nSPS) is 14.2. The van der Waals surface area contributed by atoms with Gasteiger partial charge in [0.2, 0.25) is 0 Å². The van der Waals surface area contributed by atoms with E-state index in [2.05, 4.69) is 34.6 Å². The van der Waals surface area contributed by atoms with Crippen molar-refractivity contribution in [2.24, 2.45) is 5.92 Å². The molecule has 17 nitrogen and oxygen atoms in total. The zero-order valence-electron chi connectivity index (χ0n) is 54.0. The van der Waals surface area contributed by atoms with E-state index < -0.39 is 97.5 Å². The molecule has 498 valence electrons. The van der Waals surface area contributed by atoms with E-state index in [0.29, 0.717) is 31.6 Å². The summed E-state index contributed by atoms with van der Waals surface area (Å²) in [6, 6.07) is 0. The van der Waals surface area contributed by atoms with Crippen LogP contribution in [0, 0.1) is 5.92 Å². The van der Waals surface area contributed by atoms with E-state index in [4.69, 9.17) is 37.0 Å². The molecule has 0 radical (unpaired) electrons. The van der Waals surface area contributed by atoms with Gasteiger partial charge in [0.25, 0.3) is 0 Å². The molecule has 0 aliphatic rings. The van der Waals surface area contributed by atoms with Crippen molar-refractivity contribution in [1.82, 2.24) is 0 Å². The first-order valence-electron chi connectivity index (χ1n) is 34.1. The fourth-order valence-corrected chi connectivity index (χ4v) is 11.3. The van der Waals surface area contributed by atoms with Gasteiger partial charge in [0, 0.05) is 25.7 Å². The standard InChI is InChI=1S/C65H126O17P2/c1-6-9-12-15-17-19-21-23-24-25-27-29-31-35-40-45-50-64(69)82-61(55-76-63(68)49-44-39-34-30-28-26-22-20-18-16-13-10-7-2)57-80-84(73,74)78-53-59(66)52-77-83(71,72)79-56-60(54-75-62(67)48-43-37-14-11-8-3)81-65(70)51-46-41-36-32-33-38-42-47-58(4)5/h58-61,66H,6-57H2,1-5H3,(H,71,72)(H,73,74)/t59-,60+,61+/m0/s1. The lowest BCUT2D eigenvalue weighted by atomic mass is 10.0. The molecular weight excluding hydrogens is 1110 g/mol. The molecule has 5 atom stereocenters. The Kier molecular flexibility index (Phi) is 57.4. The average molecular weight is 1240 g/mol. The lowest BCUT2D eigenvalue weighted by Crippen LogP contribution is -2.30. The number of rotatable bonds is 65. The maximum absolute atomic E-state index is 13.0. The highest BCUT2D eigenvalue weighted by atomic mass is 31.2. The summed E-state index contributed by atoms with van der Waals surface area (Å²) in [4.78, 5) is 72.0. The Bertz CT molecular complexity index is 1640. The molecule has 0 spiro atoms. The molecule has 0 aliphatic heterocycles. The van der Waals surface area contributed by atoms with Crippen molar-refractivity contribution in [1.29, 1.82) is 0 Å². The van der Waals surface area contributed by atoms with Crippen LogP contribution in [0.5, 0.6) is 0 Å². The van der Waals surface area contributed by atoms with Gasteiger partial charge in [-0.25, -0.2) is 9.13 Å². The lowest BCUT2D eigenvalue weighted by molar-refractivity contribution is -0.161. The number of carbonyl (C=O) groups excluding carboxylic acids is 4. The minimum Gasteiger partial charge on any atom is -0.462 e. The highest BCUT2D eigenvalue weighted by molar-refractivity contribution is 7.47. The van der Waals surface area contributed by atoms with Gasteiger partial charge in [-0.1, -0.05) is 279 Å². The second-order valence-corrected chi connectivity index (χ2v) is 26.9. The molecule has 0 rings (SSSR count). The molecule has 0 bridgehead atoms. The van der Waals surface area contributed by atoms with E-state index in [-0.39, 0.29) is 25.7 Å². The van der Waals surface area contributed by atoms with Gasteiger partial charge in [-0.2, -0.15) is 0 Å². The number of phosphoric ester groups is 2. The van der Waals surface area contributed by atoms with Crippen LogP contribution in [0.15, 0.2) is 0 Å². The quantitative estimate of drug-likeness (QED) is 0.0222. The van der Waals surface area contributed by atoms with Crippen molar-refractivity contribution >= 4 is 39.5 Å². The maximum atomic E-state index is 13.0. The molecule has 19 heteroatoms. The Balaban J connectivity index is 5.16. The van der Waals surface area contributed by atoms with Gasteiger partial charge in [0.05, 0.1) is 26.4 Å². The van der Waals surface area contributed by atoms with Gasteiger partial charge in [-0.3, -0.25) is 37.3 Å². The first-order chi connectivity index (χ1) is 40.5. The van der Waals surface area contributed by atoms with Crippen LogP contribution in [0.4, 0.5) is 0 Å². The van der Waals surface area contributed by atoms with Gasteiger partial charge < -0.3 is 33.8 Å². The number of ether oxygens (including phenoxy) is 4. The molecule has 0 aromatic carbocycles. The molecule has 0 aliphatic carbocycles. The largest absolute Gasteiger partial charge is 0.472 e. The van der Waals surface area contributed by atoms with Crippen molar-refractivity contribution < 1.29 is 80.2 Å². The maximum Gasteiger partial charge on any atom is 0.472 e. The van der Waals surface area contributed by atoms with E-state index in [1.807, 2.05) is 0 Å². The summed E-state index contributed by atoms with van der Waals surface area (Å²) in [7, 11) is -9.88. The second-order valence-electron chi connectivity index (χ2n) is 24.0. The second kappa shape index (κ2) is 58.7. The van der Waals surface area contributed by atoms with Gasteiger partial charge in [-0.15, -0.1) is 0 Å². The summed E-state index contributed by atoms with van der Waals surface area (Å²) >= 11 is 0. The molecule has 0 saturated carbocycles. The number of esters is 4. The van der Waals surface area contributed by atoms with Crippen LogP contribution < -0.4 is 0 Å². The molecule has 3 N–H and O–H groups in total. The SMILES string of the molecule is CCCCCCCCCCCCCCCCCCC(=O)O[C@H](COC(=O)CCCCCCCCCCCCCCC)COP(=O)(O)OC[C@@H](O)COP(=O)(O)OC[C@@H](COC(=O)CCCCCCC)OC(=O)CCCCCCCCCC(C)C. The highest BCUT2D eigenvalue weighted by Gasteiger charge is 2.30. The topological polar surface area (TPSA) is 237 Å². The van der Waals surface area contributed by atoms with Gasteiger partial charge in [0.1, 0.15) is 19.3 Å². The van der Waals surface area contributed by atoms with Crippen LogP contribution in [0.25, 0.3) is 0 Å². The van der Waals surface area contributed by atoms with Crippen molar-refractivity contribution in [2.75, 3.05) is 39.6 Å². The molecule has 0 saturated heterocycles. The third-order valence-electron chi connectivity index (χ3n) is 15.0. The van der Waals surface area contributed by atoms with E-state index >= 15 is 0 Å². The fourth-order valence-electron chi connectivity index (χ4n) is 9.76. The Morgan fingerprint density at radius 1 is 0.321 bits per heavy atom. The van der Waals surface area contributed by atoms with Crippen molar-refractivity contribution in [3.8, 4) is 0 Å². The highest BCUT2D eigenvalue weighted by Crippen LogP contribution is 2.45. The summed E-state index contributed by atoms with van der Waals surface area (Å²) in [5, 5.41) is 10.5. The van der Waals surface area contributed by atoms with Crippen LogP contribution in [0.3, 0.4) is 0 Å². The van der Waals surface area contributed by atoms with E-state index in [1.165, 1.54) is 148 Å². The number of carbonyl (C=O) groups is 4. The number of unbranched alkanes of at least 4 members (excludes halogenated alkanes) is 37. The third-order valence-corrected chi connectivity index (χ3v) is 16.9. The lowest BCUT2D eigenvalue weighted by Gasteiger charge is -2.21. The molecule has 0 aromatic heterocycles. The first-order valence-corrected chi connectivity index (χ1v) is 37.1. The smallest absolute Gasteiger partial charge is 0.462 e. The number of phosphoric acid groups is 2. The van der Waals surface area contributed by atoms with Crippen molar-refractivity contribution in [3.05, 3.63) is 0 Å². The summed E-state index contributed by atoms with van der Waals surface area (Å²) in [5.74, 6) is -1.45. The van der Waals surface area contributed by atoms with E-state index in [0.717, 1.165) is 96.3 Å². The summed E-state index contributed by atoms with van der Waals surface area (Å²) < 4.78 is 67.9. The summed E-state index contributed by atoms with van der Waals surface area (Å²) in [5.41, 5.74) is 0.